The summed E-state index contributed by atoms with van der Waals surface area (Å²) in [6.45, 7) is 2.54. The van der Waals surface area contributed by atoms with E-state index in [0.29, 0.717) is 6.42 Å². The molecule has 112 valence electrons. The maximum absolute atomic E-state index is 13.9. The lowest BCUT2D eigenvalue weighted by Gasteiger charge is -2.26. The van der Waals surface area contributed by atoms with E-state index in [-0.39, 0.29) is 5.02 Å². The number of aliphatic carboxylic acids is 1. The highest BCUT2D eigenvalue weighted by Gasteiger charge is 2.32. The topological polar surface area (TPSA) is 74.7 Å². The van der Waals surface area contributed by atoms with Gasteiger partial charge in [-0.2, -0.15) is 4.31 Å². The lowest BCUT2D eigenvalue weighted by molar-refractivity contribution is -0.137. The molecule has 1 atom stereocenters. The van der Waals surface area contributed by atoms with Gasteiger partial charge in [-0.25, -0.2) is 12.8 Å². The molecular weight excluding hydrogens is 309 g/mol. The van der Waals surface area contributed by atoms with Gasteiger partial charge in [-0.1, -0.05) is 24.6 Å². The Morgan fingerprint density at radius 3 is 2.60 bits per heavy atom. The molecule has 1 aromatic rings. The molecule has 0 saturated heterocycles. The minimum Gasteiger partial charge on any atom is -0.480 e. The van der Waals surface area contributed by atoms with Crippen LogP contribution in [0.3, 0.4) is 0 Å². The second-order valence-electron chi connectivity index (χ2n) is 4.25. The molecule has 1 unspecified atom stereocenters. The van der Waals surface area contributed by atoms with E-state index in [4.69, 9.17) is 16.7 Å². The average Bonchev–Trinajstić information content (AvgIpc) is 2.37. The SMILES string of the molecule is CCC(C)N(CC(=O)O)S(=O)(=O)c1cccc(Cl)c1F. The number of carbonyl (C=O) groups is 1. The number of hydrogen-bond acceptors (Lipinski definition) is 3. The van der Waals surface area contributed by atoms with Gasteiger partial charge in [0.05, 0.1) is 5.02 Å². The number of hydrogen-bond donors (Lipinski definition) is 1. The predicted octanol–water partition coefficient (Wildman–Crippen LogP) is 2.35. The molecule has 0 aliphatic rings. The van der Waals surface area contributed by atoms with Gasteiger partial charge >= 0.3 is 5.97 Å². The maximum atomic E-state index is 13.9. The fourth-order valence-corrected chi connectivity index (χ4v) is 3.60. The third-order valence-corrected chi connectivity index (χ3v) is 5.15. The Kier molecular flexibility index (Phi) is 5.50. The normalized spacial score (nSPS) is 13.4. The van der Waals surface area contributed by atoms with Crippen molar-refractivity contribution in [1.82, 2.24) is 4.31 Å². The minimum atomic E-state index is -4.27. The largest absolute Gasteiger partial charge is 0.480 e. The maximum Gasteiger partial charge on any atom is 0.318 e. The van der Waals surface area contributed by atoms with Gasteiger partial charge in [0.1, 0.15) is 11.4 Å². The van der Waals surface area contributed by atoms with Crippen LogP contribution < -0.4 is 0 Å². The monoisotopic (exact) mass is 323 g/mol. The Labute approximate surface area is 122 Å². The number of benzene rings is 1. The van der Waals surface area contributed by atoms with Crippen LogP contribution in [0.5, 0.6) is 0 Å². The van der Waals surface area contributed by atoms with Crippen molar-refractivity contribution >= 4 is 27.6 Å². The Morgan fingerprint density at radius 1 is 1.50 bits per heavy atom. The Morgan fingerprint density at radius 2 is 2.10 bits per heavy atom. The summed E-state index contributed by atoms with van der Waals surface area (Å²) in [5.41, 5.74) is 0. The molecule has 1 rings (SSSR count). The van der Waals surface area contributed by atoms with E-state index in [1.54, 1.807) is 13.8 Å². The van der Waals surface area contributed by atoms with Crippen LogP contribution in [0.4, 0.5) is 4.39 Å². The van der Waals surface area contributed by atoms with Crippen molar-refractivity contribution in [3.63, 3.8) is 0 Å². The van der Waals surface area contributed by atoms with Crippen LogP contribution >= 0.6 is 11.6 Å². The number of carboxylic acids is 1. The zero-order valence-electron chi connectivity index (χ0n) is 11.0. The van der Waals surface area contributed by atoms with E-state index in [1.807, 2.05) is 0 Å². The lowest BCUT2D eigenvalue weighted by atomic mass is 10.2. The van der Waals surface area contributed by atoms with Crippen LogP contribution in [0.15, 0.2) is 23.1 Å². The molecule has 0 spiro atoms. The van der Waals surface area contributed by atoms with Gasteiger partial charge < -0.3 is 5.11 Å². The first-order chi connectivity index (χ1) is 9.21. The van der Waals surface area contributed by atoms with Crippen molar-refractivity contribution in [2.45, 2.75) is 31.2 Å². The van der Waals surface area contributed by atoms with Gasteiger partial charge in [-0.3, -0.25) is 4.79 Å². The molecule has 1 aromatic carbocycles. The summed E-state index contributed by atoms with van der Waals surface area (Å²) in [7, 11) is -4.27. The summed E-state index contributed by atoms with van der Waals surface area (Å²) in [6.07, 6.45) is 0.398. The highest BCUT2D eigenvalue weighted by molar-refractivity contribution is 7.89. The van der Waals surface area contributed by atoms with Crippen molar-refractivity contribution in [1.29, 1.82) is 0 Å². The van der Waals surface area contributed by atoms with Crippen LogP contribution in [0.2, 0.25) is 5.02 Å². The second kappa shape index (κ2) is 6.51. The summed E-state index contributed by atoms with van der Waals surface area (Å²) < 4.78 is 39.4. The molecule has 0 bridgehead atoms. The zero-order valence-corrected chi connectivity index (χ0v) is 12.6. The van der Waals surface area contributed by atoms with E-state index in [9.17, 15) is 17.6 Å². The van der Waals surface area contributed by atoms with Crippen molar-refractivity contribution < 1.29 is 22.7 Å². The van der Waals surface area contributed by atoms with Crippen molar-refractivity contribution in [2.24, 2.45) is 0 Å². The molecule has 0 radical (unpaired) electrons. The first-order valence-corrected chi connectivity index (χ1v) is 7.71. The Balaban J connectivity index is 3.36. The molecule has 0 amide bonds. The predicted molar refractivity (Wildman–Crippen MR) is 72.7 cm³/mol. The van der Waals surface area contributed by atoms with Crippen molar-refractivity contribution in [3.05, 3.63) is 29.0 Å². The number of sulfonamides is 1. The number of nitrogens with zero attached hydrogens (tertiary/aromatic N) is 1. The molecule has 0 heterocycles. The third kappa shape index (κ3) is 3.47. The molecule has 0 saturated carbocycles. The summed E-state index contributed by atoms with van der Waals surface area (Å²) in [6, 6.07) is 3.01. The molecule has 5 nitrogen and oxygen atoms in total. The Hall–Kier alpha value is -1.18. The van der Waals surface area contributed by atoms with E-state index in [0.717, 1.165) is 10.4 Å². The van der Waals surface area contributed by atoms with Gasteiger partial charge in [0.25, 0.3) is 0 Å². The summed E-state index contributed by atoms with van der Waals surface area (Å²) in [5.74, 6) is -2.39. The standard InChI is InChI=1S/C12H15ClFNO4S/c1-3-8(2)15(7-11(16)17)20(18,19)10-6-4-5-9(13)12(10)14/h4-6,8H,3,7H2,1-2H3,(H,16,17). The highest BCUT2D eigenvalue weighted by atomic mass is 35.5. The molecule has 0 aromatic heterocycles. The quantitative estimate of drug-likeness (QED) is 0.872. The summed E-state index contributed by atoms with van der Waals surface area (Å²) >= 11 is 5.57. The second-order valence-corrected chi connectivity index (χ2v) is 6.52. The van der Waals surface area contributed by atoms with Gasteiger partial charge in [0.2, 0.25) is 10.0 Å². The first kappa shape index (κ1) is 16.9. The first-order valence-electron chi connectivity index (χ1n) is 5.89. The van der Waals surface area contributed by atoms with Crippen LogP contribution in [0.25, 0.3) is 0 Å². The van der Waals surface area contributed by atoms with Gasteiger partial charge in [0, 0.05) is 6.04 Å². The van der Waals surface area contributed by atoms with E-state index in [2.05, 4.69) is 0 Å². The van der Waals surface area contributed by atoms with Crippen LogP contribution in [-0.4, -0.2) is 36.4 Å². The number of halogens is 2. The van der Waals surface area contributed by atoms with E-state index < -0.39 is 39.3 Å². The molecular formula is C12H15ClFNO4S. The van der Waals surface area contributed by atoms with Gasteiger partial charge in [0.15, 0.2) is 5.82 Å². The Bertz CT molecular complexity index is 605. The van der Waals surface area contributed by atoms with Crippen LogP contribution in [-0.2, 0) is 14.8 Å². The molecule has 0 aliphatic heterocycles. The average molecular weight is 324 g/mol. The summed E-state index contributed by atoms with van der Waals surface area (Å²) in [4.78, 5) is 10.2. The molecule has 20 heavy (non-hydrogen) atoms. The number of carboxylic acid groups (broad SMARTS) is 1. The van der Waals surface area contributed by atoms with E-state index >= 15 is 0 Å². The highest BCUT2D eigenvalue weighted by Crippen LogP contribution is 2.26. The minimum absolute atomic E-state index is 0.328. The summed E-state index contributed by atoms with van der Waals surface area (Å²) in [5, 5.41) is 8.51. The van der Waals surface area contributed by atoms with Gasteiger partial charge in [-0.05, 0) is 25.5 Å². The fourth-order valence-electron chi connectivity index (χ4n) is 1.62. The zero-order chi connectivity index (χ0) is 15.5. The smallest absolute Gasteiger partial charge is 0.318 e. The number of rotatable bonds is 6. The van der Waals surface area contributed by atoms with Crippen LogP contribution in [0, 0.1) is 5.82 Å². The van der Waals surface area contributed by atoms with Gasteiger partial charge in [-0.15, -0.1) is 0 Å². The molecule has 0 aliphatic carbocycles. The molecule has 8 heteroatoms. The lowest BCUT2D eigenvalue weighted by Crippen LogP contribution is -2.42. The molecule has 1 N–H and O–H groups in total. The van der Waals surface area contributed by atoms with E-state index in [1.165, 1.54) is 12.1 Å². The van der Waals surface area contributed by atoms with Crippen molar-refractivity contribution in [3.8, 4) is 0 Å². The van der Waals surface area contributed by atoms with Crippen LogP contribution in [0.1, 0.15) is 20.3 Å². The molecule has 0 fully saturated rings. The fraction of sp³-hybridized carbons (Fsp3) is 0.417. The van der Waals surface area contributed by atoms with Crippen molar-refractivity contribution in [2.75, 3.05) is 6.54 Å². The third-order valence-electron chi connectivity index (χ3n) is 2.88.